The van der Waals surface area contributed by atoms with Gasteiger partial charge in [0.15, 0.2) is 11.6 Å². The highest BCUT2D eigenvalue weighted by Gasteiger charge is 2.34. The van der Waals surface area contributed by atoms with Gasteiger partial charge in [-0.1, -0.05) is 32.0 Å². The van der Waals surface area contributed by atoms with Gasteiger partial charge in [0.25, 0.3) is 0 Å². The lowest BCUT2D eigenvalue weighted by atomic mass is 9.97. The van der Waals surface area contributed by atoms with E-state index in [1.165, 1.54) is 0 Å². The standard InChI is InChI=1S/C31H32F4N6O2/c1-17(2)16-43-26-7-5-6-18(3)27(26)41-28(22-9-8-21(12-19(22)4)38-30(36)42)23-15-40(11-10-25(23)39-41)29-24(32)13-20(14-37-29)31(33,34)35/h5-9,12-14,17H,10-11,15-16H2,1-4H3,(H3,36,38,42). The van der Waals surface area contributed by atoms with E-state index in [1.807, 2.05) is 42.8 Å². The second kappa shape index (κ2) is 11.6. The summed E-state index contributed by atoms with van der Waals surface area (Å²) in [6.45, 7) is 8.92. The first-order chi connectivity index (χ1) is 20.3. The van der Waals surface area contributed by atoms with E-state index < -0.39 is 23.6 Å². The lowest BCUT2D eigenvalue weighted by Crippen LogP contribution is -2.32. The summed E-state index contributed by atoms with van der Waals surface area (Å²) in [4.78, 5) is 17.0. The maximum atomic E-state index is 15.0. The van der Waals surface area contributed by atoms with Crippen molar-refractivity contribution in [1.29, 1.82) is 0 Å². The quantitative estimate of drug-likeness (QED) is 0.229. The highest BCUT2D eigenvalue weighted by Crippen LogP contribution is 2.40. The van der Waals surface area contributed by atoms with Crippen molar-refractivity contribution in [2.75, 3.05) is 23.4 Å². The van der Waals surface area contributed by atoms with Gasteiger partial charge in [0.1, 0.15) is 11.4 Å². The number of carbonyl (C=O) groups excluding carboxylic acids is 1. The van der Waals surface area contributed by atoms with Crippen LogP contribution in [0.2, 0.25) is 0 Å². The third kappa shape index (κ3) is 6.13. The lowest BCUT2D eigenvalue weighted by Gasteiger charge is -2.28. The number of nitrogens with one attached hydrogen (secondary N) is 1. The SMILES string of the molecule is Cc1cc(NC(N)=O)ccc1-c1c2c(nn1-c1c(C)cccc1OCC(C)C)CCN(c1ncc(C(F)(F)F)cc1F)C2. The molecule has 226 valence electrons. The van der Waals surface area contributed by atoms with E-state index in [9.17, 15) is 18.0 Å². The van der Waals surface area contributed by atoms with E-state index in [4.69, 9.17) is 15.6 Å². The van der Waals surface area contributed by atoms with Crippen LogP contribution in [-0.2, 0) is 19.1 Å². The van der Waals surface area contributed by atoms with Gasteiger partial charge in [-0.3, -0.25) is 0 Å². The molecule has 5 rings (SSSR count). The van der Waals surface area contributed by atoms with Crippen LogP contribution in [0.15, 0.2) is 48.7 Å². The molecule has 0 aliphatic carbocycles. The number of rotatable bonds is 7. The Morgan fingerprint density at radius 1 is 1.14 bits per heavy atom. The third-order valence-electron chi connectivity index (χ3n) is 7.22. The summed E-state index contributed by atoms with van der Waals surface area (Å²) in [7, 11) is 0. The Hall–Kier alpha value is -4.61. The Morgan fingerprint density at radius 2 is 1.91 bits per heavy atom. The summed E-state index contributed by atoms with van der Waals surface area (Å²) in [6, 6.07) is 10.9. The zero-order chi connectivity index (χ0) is 31.1. The van der Waals surface area contributed by atoms with Crippen molar-refractivity contribution >= 4 is 17.5 Å². The first-order valence-electron chi connectivity index (χ1n) is 13.8. The molecule has 1 aliphatic heterocycles. The summed E-state index contributed by atoms with van der Waals surface area (Å²) < 4.78 is 62.6. The van der Waals surface area contributed by atoms with Crippen molar-refractivity contribution in [3.63, 3.8) is 0 Å². The smallest absolute Gasteiger partial charge is 0.417 e. The molecule has 43 heavy (non-hydrogen) atoms. The summed E-state index contributed by atoms with van der Waals surface area (Å²) in [5, 5.41) is 7.59. The van der Waals surface area contributed by atoms with Crippen LogP contribution in [0.4, 0.5) is 33.9 Å². The zero-order valence-corrected chi connectivity index (χ0v) is 24.2. The van der Waals surface area contributed by atoms with Gasteiger partial charge in [0, 0.05) is 42.5 Å². The van der Waals surface area contributed by atoms with Crippen molar-refractivity contribution in [3.05, 3.63) is 82.4 Å². The van der Waals surface area contributed by atoms with Gasteiger partial charge >= 0.3 is 12.2 Å². The summed E-state index contributed by atoms with van der Waals surface area (Å²) >= 11 is 0. The first-order valence-corrected chi connectivity index (χ1v) is 13.8. The number of aryl methyl sites for hydroxylation is 2. The average Bonchev–Trinajstić information content (AvgIpc) is 3.29. The van der Waals surface area contributed by atoms with Crippen LogP contribution in [0.3, 0.4) is 0 Å². The number of para-hydroxylation sites is 1. The fraction of sp³-hybridized carbons (Fsp3) is 0.323. The minimum absolute atomic E-state index is 0.160. The molecule has 3 heterocycles. The highest BCUT2D eigenvalue weighted by molar-refractivity contribution is 5.88. The number of pyridine rings is 1. The molecule has 2 amide bonds. The topological polar surface area (TPSA) is 98.3 Å². The van der Waals surface area contributed by atoms with Crippen molar-refractivity contribution < 1.29 is 27.1 Å². The molecule has 8 nitrogen and oxygen atoms in total. The number of fused-ring (bicyclic) bond motifs is 1. The van der Waals surface area contributed by atoms with Crippen molar-refractivity contribution in [2.45, 2.75) is 46.8 Å². The fourth-order valence-corrected chi connectivity index (χ4v) is 5.24. The number of amides is 2. The van der Waals surface area contributed by atoms with Crippen LogP contribution in [0.1, 0.15) is 41.8 Å². The number of urea groups is 1. The maximum absolute atomic E-state index is 15.0. The number of carbonyl (C=O) groups is 1. The van der Waals surface area contributed by atoms with Crippen molar-refractivity contribution in [3.8, 4) is 22.7 Å². The minimum Gasteiger partial charge on any atom is -0.491 e. The van der Waals surface area contributed by atoms with E-state index in [0.29, 0.717) is 43.3 Å². The molecule has 12 heteroatoms. The number of alkyl halides is 3. The van der Waals surface area contributed by atoms with Crippen LogP contribution in [0, 0.1) is 25.6 Å². The number of ether oxygens (including phenoxy) is 1. The number of primary amides is 1. The number of halogens is 4. The van der Waals surface area contributed by atoms with Gasteiger partial charge in [-0.2, -0.15) is 18.3 Å². The molecule has 0 atom stereocenters. The molecular formula is C31H32F4N6O2. The zero-order valence-electron chi connectivity index (χ0n) is 24.2. The Bertz CT molecular complexity index is 1680. The maximum Gasteiger partial charge on any atom is 0.417 e. The first kappa shape index (κ1) is 29.9. The number of nitrogens with two attached hydrogens (primary N) is 1. The van der Waals surface area contributed by atoms with Crippen LogP contribution in [-0.4, -0.2) is 33.9 Å². The molecule has 0 bridgehead atoms. The molecule has 0 radical (unpaired) electrons. The summed E-state index contributed by atoms with van der Waals surface area (Å²) in [6.07, 6.45) is -3.64. The Morgan fingerprint density at radius 3 is 2.56 bits per heavy atom. The predicted octanol–water partition coefficient (Wildman–Crippen LogP) is 6.80. The van der Waals surface area contributed by atoms with Crippen LogP contribution < -0.4 is 20.7 Å². The molecule has 2 aromatic carbocycles. The van der Waals surface area contributed by atoms with Crippen LogP contribution in [0.25, 0.3) is 16.9 Å². The lowest BCUT2D eigenvalue weighted by molar-refractivity contribution is -0.138. The number of hydrogen-bond donors (Lipinski definition) is 2. The Balaban J connectivity index is 1.66. The molecule has 0 spiro atoms. The van der Waals surface area contributed by atoms with Gasteiger partial charge in [-0.15, -0.1) is 0 Å². The van der Waals surface area contributed by atoms with E-state index >= 15 is 4.39 Å². The van der Waals surface area contributed by atoms with Crippen LogP contribution >= 0.6 is 0 Å². The van der Waals surface area contributed by atoms with Gasteiger partial charge in [-0.05, 0) is 55.2 Å². The summed E-state index contributed by atoms with van der Waals surface area (Å²) in [5.74, 6) is -0.279. The molecule has 0 unspecified atom stereocenters. The molecule has 4 aromatic rings. The summed E-state index contributed by atoms with van der Waals surface area (Å²) in [5.41, 5.74) is 10.2. The van der Waals surface area contributed by atoms with E-state index in [2.05, 4.69) is 24.1 Å². The third-order valence-corrected chi connectivity index (χ3v) is 7.22. The molecular weight excluding hydrogens is 564 g/mol. The second-order valence-electron chi connectivity index (χ2n) is 11.0. The van der Waals surface area contributed by atoms with Gasteiger partial charge in [0.05, 0.1) is 23.6 Å². The Labute approximate surface area is 246 Å². The largest absolute Gasteiger partial charge is 0.491 e. The monoisotopic (exact) mass is 596 g/mol. The van der Waals surface area contributed by atoms with Crippen LogP contribution in [0.5, 0.6) is 5.75 Å². The molecule has 3 N–H and O–H groups in total. The van der Waals surface area contributed by atoms with E-state index in [-0.39, 0.29) is 18.3 Å². The Kier molecular flexibility index (Phi) is 8.04. The normalized spacial score (nSPS) is 13.3. The molecule has 0 saturated heterocycles. The second-order valence-corrected chi connectivity index (χ2v) is 11.0. The fourth-order valence-electron chi connectivity index (χ4n) is 5.24. The molecule has 0 saturated carbocycles. The average molecular weight is 597 g/mol. The van der Waals surface area contributed by atoms with Crippen molar-refractivity contribution in [2.24, 2.45) is 11.7 Å². The molecule has 0 fully saturated rings. The van der Waals surface area contributed by atoms with Crippen molar-refractivity contribution in [1.82, 2.24) is 14.8 Å². The highest BCUT2D eigenvalue weighted by atomic mass is 19.4. The number of anilines is 2. The molecule has 1 aliphatic rings. The number of aromatic nitrogens is 3. The predicted molar refractivity (Wildman–Crippen MR) is 156 cm³/mol. The minimum atomic E-state index is -4.70. The number of benzene rings is 2. The van der Waals surface area contributed by atoms with Gasteiger partial charge in [-0.25, -0.2) is 18.9 Å². The van der Waals surface area contributed by atoms with E-state index in [1.54, 1.807) is 17.0 Å². The number of hydrogen-bond acceptors (Lipinski definition) is 5. The van der Waals surface area contributed by atoms with Gasteiger partial charge < -0.3 is 20.7 Å². The number of nitrogens with zero attached hydrogens (tertiary/aromatic N) is 4. The van der Waals surface area contributed by atoms with Gasteiger partial charge in [0.2, 0.25) is 0 Å². The van der Waals surface area contributed by atoms with E-state index in [0.717, 1.165) is 39.3 Å². The molecule has 2 aromatic heterocycles.